The average molecular weight is 256 g/mol. The van der Waals surface area contributed by atoms with Crippen molar-refractivity contribution in [2.75, 3.05) is 12.9 Å². The number of carbonyl (C=O) groups excluding carboxylic acids is 1. The summed E-state index contributed by atoms with van der Waals surface area (Å²) in [4.78, 5) is 14.4. The highest BCUT2D eigenvalue weighted by atomic mass is 32.2. The number of thioether (sulfide) groups is 1. The highest BCUT2D eigenvalue weighted by molar-refractivity contribution is 7.99. The standard InChI is InChI=1S/C13H24N2OS/c1-3-6-10-13(16)15(9-14-10)11-7-4-5-8-12(11)17-2/h10-12,14H,3-9H2,1-2H3. The SMILES string of the molecule is CCCC1NCN(C2CCCCC2SC)C1=O. The number of rotatable bonds is 4. The monoisotopic (exact) mass is 256 g/mol. The third-order valence-electron chi connectivity index (χ3n) is 4.04. The Hall–Kier alpha value is -0.220. The minimum absolute atomic E-state index is 0.0874. The Morgan fingerprint density at radius 1 is 1.41 bits per heavy atom. The van der Waals surface area contributed by atoms with E-state index in [1.165, 1.54) is 25.7 Å². The molecule has 0 aromatic heterocycles. The topological polar surface area (TPSA) is 32.3 Å². The summed E-state index contributed by atoms with van der Waals surface area (Å²) in [6.45, 7) is 2.91. The van der Waals surface area contributed by atoms with Crippen molar-refractivity contribution in [1.29, 1.82) is 0 Å². The second-order valence-electron chi connectivity index (χ2n) is 5.14. The summed E-state index contributed by atoms with van der Waals surface area (Å²) < 4.78 is 0. The van der Waals surface area contributed by atoms with Gasteiger partial charge in [0.2, 0.25) is 5.91 Å². The van der Waals surface area contributed by atoms with E-state index < -0.39 is 0 Å². The van der Waals surface area contributed by atoms with E-state index in [2.05, 4.69) is 23.4 Å². The second kappa shape index (κ2) is 6.10. The molecule has 1 saturated carbocycles. The van der Waals surface area contributed by atoms with Crippen LogP contribution in [0.15, 0.2) is 0 Å². The lowest BCUT2D eigenvalue weighted by Crippen LogP contribution is -2.46. The van der Waals surface area contributed by atoms with Gasteiger partial charge in [-0.05, 0) is 25.5 Å². The normalized spacial score (nSPS) is 34.4. The molecule has 1 heterocycles. The Kier molecular flexibility index (Phi) is 4.74. The van der Waals surface area contributed by atoms with E-state index >= 15 is 0 Å². The van der Waals surface area contributed by atoms with Crippen molar-refractivity contribution < 1.29 is 4.79 Å². The van der Waals surface area contributed by atoms with Crippen molar-refractivity contribution in [2.45, 2.75) is 62.8 Å². The molecule has 4 heteroatoms. The zero-order valence-corrected chi connectivity index (χ0v) is 11.8. The van der Waals surface area contributed by atoms with Gasteiger partial charge in [0.05, 0.1) is 12.7 Å². The molecule has 3 unspecified atom stereocenters. The van der Waals surface area contributed by atoms with Crippen molar-refractivity contribution in [3.05, 3.63) is 0 Å². The molecule has 2 rings (SSSR count). The molecule has 1 aliphatic carbocycles. The fraction of sp³-hybridized carbons (Fsp3) is 0.923. The van der Waals surface area contributed by atoms with E-state index in [0.717, 1.165) is 19.5 Å². The zero-order valence-electron chi connectivity index (χ0n) is 10.9. The predicted molar refractivity (Wildman–Crippen MR) is 73.1 cm³/mol. The summed E-state index contributed by atoms with van der Waals surface area (Å²) in [7, 11) is 0. The van der Waals surface area contributed by atoms with Crippen LogP contribution < -0.4 is 5.32 Å². The summed E-state index contributed by atoms with van der Waals surface area (Å²) in [6.07, 6.45) is 9.31. The molecule has 17 heavy (non-hydrogen) atoms. The van der Waals surface area contributed by atoms with Crippen molar-refractivity contribution in [3.8, 4) is 0 Å². The fourth-order valence-electron chi connectivity index (χ4n) is 3.08. The van der Waals surface area contributed by atoms with Gasteiger partial charge in [0.25, 0.3) is 0 Å². The zero-order chi connectivity index (χ0) is 12.3. The Morgan fingerprint density at radius 3 is 2.88 bits per heavy atom. The summed E-state index contributed by atoms with van der Waals surface area (Å²) in [5.41, 5.74) is 0. The second-order valence-corrected chi connectivity index (χ2v) is 6.21. The van der Waals surface area contributed by atoms with Crippen molar-refractivity contribution >= 4 is 17.7 Å². The molecule has 3 atom stereocenters. The number of carbonyl (C=O) groups is 1. The van der Waals surface area contributed by atoms with Gasteiger partial charge in [0.15, 0.2) is 0 Å². The van der Waals surface area contributed by atoms with Gasteiger partial charge in [-0.3, -0.25) is 10.1 Å². The van der Waals surface area contributed by atoms with Crippen molar-refractivity contribution in [3.63, 3.8) is 0 Å². The van der Waals surface area contributed by atoms with Gasteiger partial charge in [-0.15, -0.1) is 0 Å². The largest absolute Gasteiger partial charge is 0.324 e. The molecule has 1 N–H and O–H groups in total. The van der Waals surface area contributed by atoms with Gasteiger partial charge in [0.1, 0.15) is 0 Å². The van der Waals surface area contributed by atoms with Crippen molar-refractivity contribution in [2.24, 2.45) is 0 Å². The van der Waals surface area contributed by atoms with Crippen LogP contribution >= 0.6 is 11.8 Å². The molecular weight excluding hydrogens is 232 g/mol. The molecule has 3 nitrogen and oxygen atoms in total. The van der Waals surface area contributed by atoms with Crippen molar-refractivity contribution in [1.82, 2.24) is 10.2 Å². The van der Waals surface area contributed by atoms with E-state index in [4.69, 9.17) is 0 Å². The number of nitrogens with zero attached hydrogens (tertiary/aromatic N) is 1. The van der Waals surface area contributed by atoms with Crippen LogP contribution in [0.25, 0.3) is 0 Å². The van der Waals surface area contributed by atoms with Gasteiger partial charge < -0.3 is 4.90 Å². The van der Waals surface area contributed by atoms with Crippen LogP contribution in [0.1, 0.15) is 45.4 Å². The fourth-order valence-corrected chi connectivity index (χ4v) is 4.08. The molecular formula is C13H24N2OS. The molecule has 2 aliphatic rings. The molecule has 2 fully saturated rings. The molecule has 0 spiro atoms. The first-order valence-electron chi connectivity index (χ1n) is 6.84. The number of nitrogens with one attached hydrogen (secondary N) is 1. The molecule has 0 aromatic carbocycles. The third kappa shape index (κ3) is 2.79. The molecule has 98 valence electrons. The number of amides is 1. The van der Waals surface area contributed by atoms with E-state index in [1.54, 1.807) is 0 Å². The van der Waals surface area contributed by atoms with Crippen LogP contribution in [-0.2, 0) is 4.79 Å². The van der Waals surface area contributed by atoms with E-state index in [0.29, 0.717) is 17.2 Å². The lowest BCUT2D eigenvalue weighted by atomic mass is 9.93. The summed E-state index contributed by atoms with van der Waals surface area (Å²) in [6, 6.07) is 0.560. The van der Waals surface area contributed by atoms with Gasteiger partial charge in [-0.25, -0.2) is 0 Å². The highest BCUT2D eigenvalue weighted by Crippen LogP contribution is 2.32. The van der Waals surface area contributed by atoms with Crippen LogP contribution in [0, 0.1) is 0 Å². The van der Waals surface area contributed by atoms with Crippen LogP contribution in [0.5, 0.6) is 0 Å². The maximum Gasteiger partial charge on any atom is 0.241 e. The van der Waals surface area contributed by atoms with Gasteiger partial charge in [0, 0.05) is 11.3 Å². The quantitative estimate of drug-likeness (QED) is 0.837. The Balaban J connectivity index is 1.99. The van der Waals surface area contributed by atoms with Gasteiger partial charge >= 0.3 is 0 Å². The first-order chi connectivity index (χ1) is 8.27. The predicted octanol–water partition coefficient (Wildman–Crippen LogP) is 2.22. The Morgan fingerprint density at radius 2 is 2.18 bits per heavy atom. The average Bonchev–Trinajstić information content (AvgIpc) is 2.72. The van der Waals surface area contributed by atoms with E-state index in [9.17, 15) is 4.79 Å². The first-order valence-corrected chi connectivity index (χ1v) is 8.13. The van der Waals surface area contributed by atoms with E-state index in [-0.39, 0.29) is 6.04 Å². The van der Waals surface area contributed by atoms with Gasteiger partial charge in [-0.1, -0.05) is 26.2 Å². The number of hydrogen-bond acceptors (Lipinski definition) is 3. The van der Waals surface area contributed by atoms with Crippen LogP contribution in [-0.4, -0.2) is 41.1 Å². The minimum Gasteiger partial charge on any atom is -0.324 e. The summed E-state index contributed by atoms with van der Waals surface area (Å²) in [5, 5.41) is 4.01. The number of hydrogen-bond donors (Lipinski definition) is 1. The maximum absolute atomic E-state index is 12.3. The highest BCUT2D eigenvalue weighted by Gasteiger charge is 2.38. The molecule has 0 radical (unpaired) electrons. The smallest absolute Gasteiger partial charge is 0.241 e. The minimum atomic E-state index is 0.0874. The van der Waals surface area contributed by atoms with Crippen LogP contribution in [0.2, 0.25) is 0 Å². The lowest BCUT2D eigenvalue weighted by molar-refractivity contribution is -0.131. The van der Waals surface area contributed by atoms with E-state index in [1.807, 2.05) is 11.8 Å². The Labute approximate surface area is 109 Å². The summed E-state index contributed by atoms with van der Waals surface area (Å²) >= 11 is 1.94. The third-order valence-corrected chi connectivity index (χ3v) is 5.19. The first kappa shape index (κ1) is 13.2. The lowest BCUT2D eigenvalue weighted by Gasteiger charge is -2.36. The summed E-state index contributed by atoms with van der Waals surface area (Å²) in [5.74, 6) is 0.345. The van der Waals surface area contributed by atoms with Crippen LogP contribution in [0.3, 0.4) is 0 Å². The van der Waals surface area contributed by atoms with Gasteiger partial charge in [-0.2, -0.15) is 11.8 Å². The Bertz CT molecular complexity index is 272. The molecule has 1 aliphatic heterocycles. The molecule has 0 bridgehead atoms. The molecule has 1 saturated heterocycles. The van der Waals surface area contributed by atoms with Crippen LogP contribution in [0.4, 0.5) is 0 Å². The molecule has 1 amide bonds. The maximum atomic E-state index is 12.3. The molecule has 0 aromatic rings.